The molecule has 0 saturated heterocycles. The molecule has 3 rings (SSSR count). The van der Waals surface area contributed by atoms with Crippen LogP contribution in [0.2, 0.25) is 0 Å². The number of rotatable bonds is 0. The van der Waals surface area contributed by atoms with E-state index in [0.717, 1.165) is 0 Å². The topological polar surface area (TPSA) is 0 Å². The van der Waals surface area contributed by atoms with E-state index < -0.39 is 0 Å². The van der Waals surface area contributed by atoms with Crippen molar-refractivity contribution in [3.8, 4) is 11.1 Å². The minimum atomic E-state index is 0. The molecule has 0 aromatic heterocycles. The summed E-state index contributed by atoms with van der Waals surface area (Å²) >= 11 is 0. The summed E-state index contributed by atoms with van der Waals surface area (Å²) in [7, 11) is 0. The largest absolute Gasteiger partial charge is 0.184 e. The van der Waals surface area contributed by atoms with Crippen molar-refractivity contribution in [1.29, 1.82) is 0 Å². The fourth-order valence-corrected chi connectivity index (χ4v) is 2.39. The van der Waals surface area contributed by atoms with E-state index in [-0.39, 0.29) is 32.7 Å². The van der Waals surface area contributed by atoms with Crippen LogP contribution >= 0.6 is 0 Å². The molecule has 0 saturated carbocycles. The molecular formula is C15H13Y-. The summed E-state index contributed by atoms with van der Waals surface area (Å²) in [5, 5.41) is 0. The first-order valence-corrected chi connectivity index (χ1v) is 5.39. The first-order valence-electron chi connectivity index (χ1n) is 5.39. The number of hydrogen-bond acceptors (Lipinski definition) is 0. The Hall–Kier alpha value is -0.586. The van der Waals surface area contributed by atoms with Crippen molar-refractivity contribution < 1.29 is 32.7 Å². The van der Waals surface area contributed by atoms with Crippen LogP contribution in [-0.4, -0.2) is 0 Å². The molecule has 77 valence electrons. The van der Waals surface area contributed by atoms with E-state index in [9.17, 15) is 0 Å². The first kappa shape index (κ1) is 11.9. The molecule has 2 aromatic rings. The predicted octanol–water partition coefficient (Wildman–Crippen LogP) is 4.02. The van der Waals surface area contributed by atoms with Crippen molar-refractivity contribution in [3.63, 3.8) is 0 Å². The summed E-state index contributed by atoms with van der Waals surface area (Å²) in [6.45, 7) is 2.26. The van der Waals surface area contributed by atoms with Gasteiger partial charge in [0.2, 0.25) is 0 Å². The SMILES string of the molecule is CC1[CH-]c2ccccc2-c2ccccc21.[Y]. The molecule has 0 aliphatic heterocycles. The normalized spacial score (nSPS) is 16.4. The molecule has 16 heavy (non-hydrogen) atoms. The average Bonchev–Trinajstić information content (AvgIpc) is 2.30. The van der Waals surface area contributed by atoms with E-state index in [4.69, 9.17) is 0 Å². The van der Waals surface area contributed by atoms with Gasteiger partial charge in [-0.15, -0.1) is 17.7 Å². The smallest absolute Gasteiger partial charge is 0 e. The van der Waals surface area contributed by atoms with Crippen LogP contribution < -0.4 is 0 Å². The van der Waals surface area contributed by atoms with E-state index in [2.05, 4.69) is 61.9 Å². The van der Waals surface area contributed by atoms with Crippen LogP contribution in [0.25, 0.3) is 11.1 Å². The number of fused-ring (bicyclic) bond motifs is 3. The molecule has 1 radical (unpaired) electrons. The van der Waals surface area contributed by atoms with Gasteiger partial charge in [-0.2, -0.15) is 18.1 Å². The average molecular weight is 282 g/mol. The first-order chi connectivity index (χ1) is 7.36. The molecule has 0 amide bonds. The van der Waals surface area contributed by atoms with Gasteiger partial charge in [0, 0.05) is 32.7 Å². The van der Waals surface area contributed by atoms with Gasteiger partial charge in [-0.3, -0.25) is 0 Å². The van der Waals surface area contributed by atoms with Crippen LogP contribution in [0.15, 0.2) is 48.5 Å². The van der Waals surface area contributed by atoms with Gasteiger partial charge in [0.1, 0.15) is 0 Å². The molecule has 2 aromatic carbocycles. The van der Waals surface area contributed by atoms with E-state index in [1.807, 2.05) is 0 Å². The molecule has 0 spiro atoms. The minimum absolute atomic E-state index is 0. The summed E-state index contributed by atoms with van der Waals surface area (Å²) in [5.41, 5.74) is 5.56. The minimum Gasteiger partial charge on any atom is -0.184 e. The van der Waals surface area contributed by atoms with Gasteiger partial charge in [0.25, 0.3) is 0 Å². The van der Waals surface area contributed by atoms with Gasteiger partial charge >= 0.3 is 0 Å². The van der Waals surface area contributed by atoms with Gasteiger partial charge in [-0.25, -0.2) is 0 Å². The predicted molar refractivity (Wildman–Crippen MR) is 63.7 cm³/mol. The van der Waals surface area contributed by atoms with Gasteiger partial charge in [-0.05, 0) is 5.92 Å². The monoisotopic (exact) mass is 282 g/mol. The quantitative estimate of drug-likeness (QED) is 0.640. The molecule has 0 N–H and O–H groups in total. The zero-order valence-corrected chi connectivity index (χ0v) is 12.2. The van der Waals surface area contributed by atoms with Crippen LogP contribution in [0.3, 0.4) is 0 Å². The number of benzene rings is 2. The summed E-state index contributed by atoms with van der Waals surface area (Å²) in [6.07, 6.45) is 2.34. The fraction of sp³-hybridized carbons (Fsp3) is 0.133. The van der Waals surface area contributed by atoms with E-state index >= 15 is 0 Å². The van der Waals surface area contributed by atoms with Crippen LogP contribution in [-0.2, 0) is 32.7 Å². The molecule has 0 fully saturated rings. The van der Waals surface area contributed by atoms with Crippen molar-refractivity contribution in [2.75, 3.05) is 0 Å². The van der Waals surface area contributed by atoms with Crippen LogP contribution in [0, 0.1) is 6.42 Å². The van der Waals surface area contributed by atoms with Crippen molar-refractivity contribution in [2.24, 2.45) is 0 Å². The van der Waals surface area contributed by atoms with Crippen molar-refractivity contribution in [1.82, 2.24) is 0 Å². The second kappa shape index (κ2) is 4.73. The second-order valence-corrected chi connectivity index (χ2v) is 4.13. The third-order valence-corrected chi connectivity index (χ3v) is 3.13. The van der Waals surface area contributed by atoms with Crippen molar-refractivity contribution in [2.45, 2.75) is 12.8 Å². The second-order valence-electron chi connectivity index (χ2n) is 4.13. The Morgan fingerprint density at radius 2 is 1.50 bits per heavy atom. The van der Waals surface area contributed by atoms with Crippen LogP contribution in [0.4, 0.5) is 0 Å². The van der Waals surface area contributed by atoms with Gasteiger partial charge < -0.3 is 0 Å². The zero-order chi connectivity index (χ0) is 10.3. The fourth-order valence-electron chi connectivity index (χ4n) is 2.39. The molecule has 0 bridgehead atoms. The molecule has 1 aliphatic carbocycles. The van der Waals surface area contributed by atoms with Gasteiger partial charge in [-0.1, -0.05) is 48.4 Å². The molecule has 1 unspecified atom stereocenters. The molecule has 1 atom stereocenters. The summed E-state index contributed by atoms with van der Waals surface area (Å²) in [5.74, 6) is 0.524. The Labute approximate surface area is 122 Å². The van der Waals surface area contributed by atoms with Crippen molar-refractivity contribution in [3.05, 3.63) is 66.1 Å². The molecule has 1 heteroatoms. The third-order valence-electron chi connectivity index (χ3n) is 3.13. The Kier molecular flexibility index (Phi) is 3.51. The molecule has 0 nitrogen and oxygen atoms in total. The summed E-state index contributed by atoms with van der Waals surface area (Å²) < 4.78 is 0. The van der Waals surface area contributed by atoms with Gasteiger partial charge in [0.15, 0.2) is 0 Å². The van der Waals surface area contributed by atoms with Crippen molar-refractivity contribution >= 4 is 0 Å². The van der Waals surface area contributed by atoms with E-state index in [0.29, 0.717) is 5.92 Å². The zero-order valence-electron chi connectivity index (χ0n) is 9.35. The Balaban J connectivity index is 0.000000963. The van der Waals surface area contributed by atoms with Gasteiger partial charge in [0.05, 0.1) is 0 Å². The summed E-state index contributed by atoms with van der Waals surface area (Å²) in [6, 6.07) is 17.3. The number of hydrogen-bond donors (Lipinski definition) is 0. The maximum absolute atomic E-state index is 2.34. The standard InChI is InChI=1S/C15H13.Y/c1-11-10-12-6-2-3-8-14(12)15-9-5-4-7-13(11)15;/h2-11H,1H3;/q-1;. The van der Waals surface area contributed by atoms with Crippen LogP contribution in [0.1, 0.15) is 24.0 Å². The Bertz CT molecular complexity index is 502. The summed E-state index contributed by atoms with van der Waals surface area (Å²) in [4.78, 5) is 0. The maximum Gasteiger partial charge on any atom is 0 e. The van der Waals surface area contributed by atoms with E-state index in [1.165, 1.54) is 22.3 Å². The Morgan fingerprint density at radius 3 is 2.31 bits per heavy atom. The maximum atomic E-state index is 2.34. The van der Waals surface area contributed by atoms with E-state index in [1.54, 1.807) is 0 Å². The molecule has 0 heterocycles. The Morgan fingerprint density at radius 1 is 0.875 bits per heavy atom. The molecule has 1 aliphatic rings. The third kappa shape index (κ3) is 1.85. The molecular weight excluding hydrogens is 269 g/mol. The van der Waals surface area contributed by atoms with Crippen LogP contribution in [0.5, 0.6) is 0 Å².